The van der Waals surface area contributed by atoms with E-state index >= 15 is 0 Å². The third kappa shape index (κ3) is 3.75. The number of cyclic esters (lactones) is 1. The Morgan fingerprint density at radius 1 is 1.17 bits per heavy atom. The van der Waals surface area contributed by atoms with Crippen molar-refractivity contribution in [1.82, 2.24) is 4.98 Å². The summed E-state index contributed by atoms with van der Waals surface area (Å²) in [7, 11) is -3.32. The summed E-state index contributed by atoms with van der Waals surface area (Å²) in [4.78, 5) is 17.0. The second kappa shape index (κ2) is 6.83. The van der Waals surface area contributed by atoms with Gasteiger partial charge in [-0.1, -0.05) is 35.1 Å². The van der Waals surface area contributed by atoms with Crippen molar-refractivity contribution in [3.63, 3.8) is 0 Å². The fraction of sp³-hybridized carbons (Fsp3) is 0.200. The molecule has 1 aliphatic rings. The minimum Gasteiger partial charge on any atom is -0.449 e. The standard InChI is InChI=1S/C20H16ClNO5S2/c1-20(2)17(11-4-6-13(7-5-11)29(3,24)25)18(19(23)27-20)26-16-9-14-15(28-16)8-12(21)10-22-14/h4-10H,1-3H3. The zero-order valence-corrected chi connectivity index (χ0v) is 18.1. The maximum atomic E-state index is 12.5. The van der Waals surface area contributed by atoms with E-state index in [0.717, 1.165) is 11.0 Å². The van der Waals surface area contributed by atoms with Gasteiger partial charge in [0.15, 0.2) is 14.9 Å². The Bertz CT molecular complexity index is 1270. The van der Waals surface area contributed by atoms with Crippen LogP contribution in [0.1, 0.15) is 19.4 Å². The van der Waals surface area contributed by atoms with Gasteiger partial charge in [-0.25, -0.2) is 13.2 Å². The van der Waals surface area contributed by atoms with E-state index in [1.807, 2.05) is 0 Å². The van der Waals surface area contributed by atoms with Crippen molar-refractivity contribution >= 4 is 54.5 Å². The van der Waals surface area contributed by atoms with Crippen LogP contribution in [-0.4, -0.2) is 31.2 Å². The van der Waals surface area contributed by atoms with E-state index < -0.39 is 21.4 Å². The second-order valence-corrected chi connectivity index (χ2v) is 10.6. The van der Waals surface area contributed by atoms with E-state index in [-0.39, 0.29) is 10.7 Å². The number of sulfone groups is 1. The van der Waals surface area contributed by atoms with E-state index in [2.05, 4.69) is 4.98 Å². The van der Waals surface area contributed by atoms with Crippen LogP contribution in [0.15, 0.2) is 53.2 Å². The summed E-state index contributed by atoms with van der Waals surface area (Å²) >= 11 is 7.30. The monoisotopic (exact) mass is 449 g/mol. The highest BCUT2D eigenvalue weighted by Gasteiger charge is 2.43. The number of fused-ring (bicyclic) bond motifs is 1. The van der Waals surface area contributed by atoms with Crippen LogP contribution >= 0.6 is 22.9 Å². The van der Waals surface area contributed by atoms with Gasteiger partial charge in [-0.05, 0) is 37.6 Å². The first-order valence-corrected chi connectivity index (χ1v) is 11.6. The SMILES string of the molecule is CC1(C)OC(=O)C(Oc2cc3ncc(Cl)cc3s2)=C1c1ccc(S(C)(=O)=O)cc1. The molecule has 0 radical (unpaired) electrons. The highest BCUT2D eigenvalue weighted by Crippen LogP contribution is 2.42. The van der Waals surface area contributed by atoms with Crippen molar-refractivity contribution in [3.05, 3.63) is 58.9 Å². The average molecular weight is 450 g/mol. The van der Waals surface area contributed by atoms with E-state index in [0.29, 0.717) is 26.7 Å². The van der Waals surface area contributed by atoms with Gasteiger partial charge in [0, 0.05) is 18.5 Å². The largest absolute Gasteiger partial charge is 0.449 e. The summed E-state index contributed by atoms with van der Waals surface area (Å²) in [5.74, 6) is -0.514. The zero-order chi connectivity index (χ0) is 21.0. The molecule has 3 heterocycles. The van der Waals surface area contributed by atoms with Crippen LogP contribution in [0.5, 0.6) is 5.06 Å². The lowest BCUT2D eigenvalue weighted by molar-refractivity contribution is -0.145. The number of carbonyl (C=O) groups is 1. The summed E-state index contributed by atoms with van der Waals surface area (Å²) in [6, 6.07) is 9.79. The number of benzene rings is 1. The Labute approximate surface area is 176 Å². The van der Waals surface area contributed by atoms with Gasteiger partial charge in [0.25, 0.3) is 0 Å². The molecule has 4 rings (SSSR count). The fourth-order valence-electron chi connectivity index (χ4n) is 3.17. The maximum Gasteiger partial charge on any atom is 0.375 e. The third-order valence-corrected chi connectivity index (χ3v) is 6.73. The number of nitrogens with zero attached hydrogens (tertiary/aromatic N) is 1. The van der Waals surface area contributed by atoms with Crippen molar-refractivity contribution in [1.29, 1.82) is 0 Å². The van der Waals surface area contributed by atoms with Crippen molar-refractivity contribution in [2.75, 3.05) is 6.26 Å². The van der Waals surface area contributed by atoms with Gasteiger partial charge in [-0.3, -0.25) is 4.98 Å². The highest BCUT2D eigenvalue weighted by molar-refractivity contribution is 7.90. The van der Waals surface area contributed by atoms with Gasteiger partial charge in [-0.15, -0.1) is 0 Å². The number of esters is 1. The van der Waals surface area contributed by atoms with Crippen LogP contribution in [0, 0.1) is 0 Å². The maximum absolute atomic E-state index is 12.5. The molecule has 29 heavy (non-hydrogen) atoms. The molecule has 0 saturated carbocycles. The van der Waals surface area contributed by atoms with Crippen LogP contribution < -0.4 is 4.74 Å². The van der Waals surface area contributed by atoms with Gasteiger partial charge in [0.2, 0.25) is 5.76 Å². The Kier molecular flexibility index (Phi) is 4.68. The van der Waals surface area contributed by atoms with Crippen molar-refractivity contribution in [2.45, 2.75) is 24.3 Å². The Hall–Kier alpha value is -2.42. The summed E-state index contributed by atoms with van der Waals surface area (Å²) in [6.07, 6.45) is 2.69. The number of rotatable bonds is 4. The second-order valence-electron chi connectivity index (χ2n) is 7.10. The number of pyridine rings is 1. The quantitative estimate of drug-likeness (QED) is 0.546. The number of thiophene rings is 1. The smallest absolute Gasteiger partial charge is 0.375 e. The molecular weight excluding hydrogens is 434 g/mol. The molecule has 0 unspecified atom stereocenters. The number of halogens is 1. The van der Waals surface area contributed by atoms with E-state index in [9.17, 15) is 13.2 Å². The minimum atomic E-state index is -3.32. The van der Waals surface area contributed by atoms with Gasteiger partial charge < -0.3 is 9.47 Å². The summed E-state index contributed by atoms with van der Waals surface area (Å²) in [5.41, 5.74) is 0.966. The van der Waals surface area contributed by atoms with Crippen molar-refractivity contribution in [2.24, 2.45) is 0 Å². The Balaban J connectivity index is 1.79. The molecule has 0 spiro atoms. The van der Waals surface area contributed by atoms with Gasteiger partial charge in [0.1, 0.15) is 5.60 Å². The first-order chi connectivity index (χ1) is 13.5. The van der Waals surface area contributed by atoms with Crippen molar-refractivity contribution in [3.8, 4) is 5.06 Å². The fourth-order valence-corrected chi connectivity index (χ4v) is 4.93. The molecule has 6 nitrogen and oxygen atoms in total. The number of carbonyl (C=O) groups excluding carboxylic acids is 1. The number of aromatic nitrogens is 1. The molecule has 0 saturated heterocycles. The van der Waals surface area contributed by atoms with Gasteiger partial charge in [0.05, 0.1) is 25.7 Å². The third-order valence-electron chi connectivity index (χ3n) is 4.45. The summed E-state index contributed by atoms with van der Waals surface area (Å²) in [5, 5.41) is 0.989. The molecule has 0 N–H and O–H groups in total. The zero-order valence-electron chi connectivity index (χ0n) is 15.7. The first kappa shape index (κ1) is 19.9. The van der Waals surface area contributed by atoms with E-state index in [1.54, 1.807) is 44.3 Å². The predicted octanol–water partition coefficient (Wildman–Crippen LogP) is 4.48. The predicted molar refractivity (Wildman–Crippen MR) is 112 cm³/mol. The molecular formula is C20H16ClNO5S2. The van der Waals surface area contributed by atoms with Gasteiger partial charge in [-0.2, -0.15) is 0 Å². The normalized spacial score (nSPS) is 16.3. The Morgan fingerprint density at radius 2 is 1.86 bits per heavy atom. The number of hydrogen-bond acceptors (Lipinski definition) is 7. The van der Waals surface area contributed by atoms with Crippen LogP contribution in [0.4, 0.5) is 0 Å². The lowest BCUT2D eigenvalue weighted by Gasteiger charge is -2.21. The average Bonchev–Trinajstić information content (AvgIpc) is 3.11. The Morgan fingerprint density at radius 3 is 2.52 bits per heavy atom. The molecule has 1 aromatic carbocycles. The van der Waals surface area contributed by atoms with Crippen LogP contribution in [-0.2, 0) is 19.4 Å². The minimum absolute atomic E-state index is 0.0692. The van der Waals surface area contributed by atoms with Crippen LogP contribution in [0.3, 0.4) is 0 Å². The molecule has 0 fully saturated rings. The molecule has 0 aliphatic carbocycles. The molecule has 0 amide bonds. The topological polar surface area (TPSA) is 82.6 Å². The van der Waals surface area contributed by atoms with Crippen molar-refractivity contribution < 1.29 is 22.7 Å². The van der Waals surface area contributed by atoms with Crippen LogP contribution in [0.25, 0.3) is 15.8 Å². The molecule has 150 valence electrons. The van der Waals surface area contributed by atoms with Gasteiger partial charge >= 0.3 is 5.97 Å². The molecule has 1 aliphatic heterocycles. The lowest BCUT2D eigenvalue weighted by atomic mass is 9.92. The number of hydrogen-bond donors (Lipinski definition) is 0. The molecule has 9 heteroatoms. The first-order valence-electron chi connectivity index (χ1n) is 8.56. The summed E-state index contributed by atoms with van der Waals surface area (Å²) < 4.78 is 35.7. The lowest BCUT2D eigenvalue weighted by Crippen LogP contribution is -2.22. The van der Waals surface area contributed by atoms with E-state index in [1.165, 1.54) is 23.5 Å². The van der Waals surface area contributed by atoms with E-state index in [4.69, 9.17) is 21.1 Å². The molecule has 3 aromatic rings. The molecule has 0 atom stereocenters. The highest BCUT2D eigenvalue weighted by atomic mass is 35.5. The molecule has 0 bridgehead atoms. The van der Waals surface area contributed by atoms with Crippen LogP contribution in [0.2, 0.25) is 5.02 Å². The summed E-state index contributed by atoms with van der Waals surface area (Å²) in [6.45, 7) is 3.51. The number of ether oxygens (including phenoxy) is 2. The molecule has 2 aromatic heterocycles.